The van der Waals surface area contributed by atoms with Gasteiger partial charge in [0, 0.05) is 30.6 Å². The molecule has 0 spiro atoms. The second-order valence-electron chi connectivity index (χ2n) is 8.16. The Morgan fingerprint density at radius 1 is 1.21 bits per heavy atom. The van der Waals surface area contributed by atoms with Crippen LogP contribution in [0.25, 0.3) is 17.0 Å². The molecule has 0 saturated carbocycles. The fraction of sp³-hybridized carbons (Fsp3) is 0.435. The number of piperidine rings is 1. The minimum Gasteiger partial charge on any atom is -0.356 e. The summed E-state index contributed by atoms with van der Waals surface area (Å²) in [6.07, 6.45) is 6.60. The summed E-state index contributed by atoms with van der Waals surface area (Å²) in [6.45, 7) is 7.05. The molecule has 2 aliphatic heterocycles. The van der Waals surface area contributed by atoms with Crippen molar-refractivity contribution in [2.45, 2.75) is 39.5 Å². The zero-order valence-corrected chi connectivity index (χ0v) is 18.7. The lowest BCUT2D eigenvalue weighted by molar-refractivity contribution is -0.122. The van der Waals surface area contributed by atoms with Crippen molar-refractivity contribution in [1.82, 2.24) is 9.88 Å². The highest BCUT2D eigenvalue weighted by Gasteiger charge is 2.32. The van der Waals surface area contributed by atoms with Gasteiger partial charge >= 0.3 is 0 Å². The summed E-state index contributed by atoms with van der Waals surface area (Å²) in [7, 11) is 0. The molecule has 2 aliphatic rings. The highest BCUT2D eigenvalue weighted by Crippen LogP contribution is 2.35. The van der Waals surface area contributed by atoms with Crippen LogP contribution in [0.5, 0.6) is 0 Å². The monoisotopic (exact) mass is 425 g/mol. The van der Waals surface area contributed by atoms with E-state index in [1.54, 1.807) is 4.90 Å². The average Bonchev–Trinajstić information content (AvgIpc) is 2.99. The Morgan fingerprint density at radius 2 is 1.97 bits per heavy atom. The van der Waals surface area contributed by atoms with Gasteiger partial charge in [0.2, 0.25) is 0 Å². The zero-order chi connectivity index (χ0) is 20.4. The van der Waals surface area contributed by atoms with Gasteiger partial charge in [-0.25, -0.2) is 4.98 Å². The maximum Gasteiger partial charge on any atom is 0.266 e. The number of anilines is 1. The number of carbonyl (C=O) groups excluding carboxylic acids is 1. The Labute approximate surface area is 182 Å². The number of para-hydroxylation sites is 1. The van der Waals surface area contributed by atoms with Crippen molar-refractivity contribution >= 4 is 57.0 Å². The topological polar surface area (TPSA) is 36.4 Å². The van der Waals surface area contributed by atoms with Crippen LogP contribution in [0.4, 0.5) is 5.82 Å². The van der Waals surface area contributed by atoms with Crippen molar-refractivity contribution in [3.05, 3.63) is 40.8 Å². The molecule has 0 aliphatic carbocycles. The first-order chi connectivity index (χ1) is 14.0. The summed E-state index contributed by atoms with van der Waals surface area (Å²) in [6, 6.07) is 10.3. The lowest BCUT2D eigenvalue weighted by Gasteiger charge is -2.29. The van der Waals surface area contributed by atoms with E-state index in [-0.39, 0.29) is 5.91 Å². The van der Waals surface area contributed by atoms with Gasteiger partial charge in [0.15, 0.2) is 0 Å². The Hall–Kier alpha value is -1.92. The molecule has 1 amide bonds. The van der Waals surface area contributed by atoms with Gasteiger partial charge in [-0.05, 0) is 49.8 Å². The molecule has 0 bridgehead atoms. The number of thiocarbonyl (C=S) groups is 1. The molecule has 0 unspecified atom stereocenters. The Balaban J connectivity index is 1.70. The van der Waals surface area contributed by atoms with E-state index in [0.717, 1.165) is 41.8 Å². The van der Waals surface area contributed by atoms with Crippen molar-refractivity contribution in [2.75, 3.05) is 24.5 Å². The van der Waals surface area contributed by atoms with E-state index < -0.39 is 0 Å². The van der Waals surface area contributed by atoms with Gasteiger partial charge in [-0.15, -0.1) is 0 Å². The number of rotatable bonds is 5. The Bertz CT molecular complexity index is 964. The molecule has 0 atom stereocenters. The second kappa shape index (κ2) is 8.84. The van der Waals surface area contributed by atoms with Crippen LogP contribution < -0.4 is 4.90 Å². The van der Waals surface area contributed by atoms with Gasteiger partial charge in [-0.2, -0.15) is 0 Å². The van der Waals surface area contributed by atoms with Crippen LogP contribution in [0.3, 0.4) is 0 Å². The van der Waals surface area contributed by atoms with Crippen LogP contribution in [0, 0.1) is 5.92 Å². The third kappa shape index (κ3) is 4.48. The molecule has 152 valence electrons. The first-order valence-electron chi connectivity index (χ1n) is 10.4. The molecule has 1 aromatic heterocycles. The number of aromatic nitrogens is 1. The quantitative estimate of drug-likeness (QED) is 0.469. The summed E-state index contributed by atoms with van der Waals surface area (Å²) < 4.78 is 0.662. The molecule has 2 saturated heterocycles. The molecular formula is C23H27N3OS2. The first kappa shape index (κ1) is 20.4. The summed E-state index contributed by atoms with van der Waals surface area (Å²) in [5.74, 6) is 1.55. The molecule has 0 N–H and O–H groups in total. The number of benzene rings is 1. The predicted molar refractivity (Wildman–Crippen MR) is 127 cm³/mol. The van der Waals surface area contributed by atoms with Gasteiger partial charge in [0.1, 0.15) is 10.1 Å². The largest absolute Gasteiger partial charge is 0.356 e. The summed E-state index contributed by atoms with van der Waals surface area (Å²) in [5.41, 5.74) is 2.00. The smallest absolute Gasteiger partial charge is 0.266 e. The fourth-order valence-corrected chi connectivity index (χ4v) is 5.11. The van der Waals surface area contributed by atoms with Crippen LogP contribution in [0.1, 0.15) is 45.1 Å². The van der Waals surface area contributed by atoms with E-state index in [1.807, 2.05) is 18.2 Å². The van der Waals surface area contributed by atoms with E-state index in [1.165, 1.54) is 31.0 Å². The maximum absolute atomic E-state index is 13.0. The minimum absolute atomic E-state index is 0.0263. The van der Waals surface area contributed by atoms with Crippen LogP contribution >= 0.6 is 24.0 Å². The van der Waals surface area contributed by atoms with Crippen molar-refractivity contribution in [3.8, 4) is 0 Å². The number of carbonyl (C=O) groups is 1. The van der Waals surface area contributed by atoms with E-state index in [2.05, 4.69) is 36.9 Å². The second-order valence-corrected chi connectivity index (χ2v) is 9.83. The number of fused-ring (bicyclic) bond motifs is 1. The molecular weight excluding hydrogens is 398 g/mol. The number of hydrogen-bond acceptors (Lipinski definition) is 5. The first-order valence-corrected chi connectivity index (χ1v) is 11.7. The zero-order valence-electron chi connectivity index (χ0n) is 17.1. The van der Waals surface area contributed by atoms with Gasteiger partial charge in [-0.1, -0.05) is 56.0 Å². The number of amides is 1. The molecule has 6 heteroatoms. The maximum atomic E-state index is 13.0. The Kier molecular flexibility index (Phi) is 6.20. The molecule has 2 fully saturated rings. The minimum atomic E-state index is 0.0263. The molecule has 2 aromatic rings. The number of hydrogen-bond donors (Lipinski definition) is 0. The SMILES string of the molecule is CC(C)CCN1C(=O)/C(=C/c2cc3ccccc3nc2N2CCCCC2)SC1=S. The van der Waals surface area contributed by atoms with Crippen molar-refractivity contribution in [1.29, 1.82) is 0 Å². The normalized spacial score (nSPS) is 19.2. The summed E-state index contributed by atoms with van der Waals surface area (Å²) in [4.78, 5) is 22.8. The highest BCUT2D eigenvalue weighted by molar-refractivity contribution is 8.26. The van der Waals surface area contributed by atoms with Crippen molar-refractivity contribution in [3.63, 3.8) is 0 Å². The predicted octanol–water partition coefficient (Wildman–Crippen LogP) is 5.47. The van der Waals surface area contributed by atoms with Gasteiger partial charge < -0.3 is 4.90 Å². The van der Waals surface area contributed by atoms with Gasteiger partial charge in [0.25, 0.3) is 5.91 Å². The van der Waals surface area contributed by atoms with Gasteiger partial charge in [-0.3, -0.25) is 9.69 Å². The molecule has 4 rings (SSSR count). The summed E-state index contributed by atoms with van der Waals surface area (Å²) >= 11 is 6.91. The number of pyridine rings is 1. The van der Waals surface area contributed by atoms with E-state index >= 15 is 0 Å². The third-order valence-corrected chi connectivity index (χ3v) is 6.86. The summed E-state index contributed by atoms with van der Waals surface area (Å²) in [5, 5.41) is 1.09. The number of thioether (sulfide) groups is 1. The van der Waals surface area contributed by atoms with E-state index in [4.69, 9.17) is 17.2 Å². The number of nitrogens with zero attached hydrogens (tertiary/aromatic N) is 3. The third-order valence-electron chi connectivity index (χ3n) is 5.48. The standard InChI is InChI=1S/C23H27N3OS2/c1-16(2)10-13-26-22(27)20(29-23(26)28)15-18-14-17-8-4-5-9-19(17)24-21(18)25-11-6-3-7-12-25/h4-5,8-9,14-16H,3,6-7,10-13H2,1-2H3/b20-15-. The molecule has 0 radical (unpaired) electrons. The lowest BCUT2D eigenvalue weighted by Crippen LogP contribution is -2.31. The van der Waals surface area contributed by atoms with Crippen LogP contribution in [0.15, 0.2) is 35.2 Å². The van der Waals surface area contributed by atoms with Crippen molar-refractivity contribution in [2.24, 2.45) is 5.92 Å². The van der Waals surface area contributed by atoms with Crippen LogP contribution in [0.2, 0.25) is 0 Å². The fourth-order valence-electron chi connectivity index (χ4n) is 3.81. The van der Waals surface area contributed by atoms with Gasteiger partial charge in [0.05, 0.1) is 10.4 Å². The molecule has 1 aromatic carbocycles. The molecule has 3 heterocycles. The van der Waals surface area contributed by atoms with E-state index in [9.17, 15) is 4.79 Å². The van der Waals surface area contributed by atoms with Crippen molar-refractivity contribution < 1.29 is 4.79 Å². The van der Waals surface area contributed by atoms with Crippen LogP contribution in [-0.4, -0.2) is 39.7 Å². The molecule has 29 heavy (non-hydrogen) atoms. The molecule has 4 nitrogen and oxygen atoms in total. The average molecular weight is 426 g/mol. The lowest BCUT2D eigenvalue weighted by atomic mass is 10.1. The van der Waals surface area contributed by atoms with E-state index in [0.29, 0.717) is 21.7 Å². The van der Waals surface area contributed by atoms with Crippen LogP contribution in [-0.2, 0) is 4.79 Å². The highest BCUT2D eigenvalue weighted by atomic mass is 32.2. The Morgan fingerprint density at radius 3 is 2.72 bits per heavy atom.